The zero-order chi connectivity index (χ0) is 13.6. The first-order valence-electron chi connectivity index (χ1n) is 6.36. The molecule has 0 atom stereocenters. The minimum Gasteiger partial charge on any atom is -0.388 e. The third-order valence-corrected chi connectivity index (χ3v) is 1.97. The lowest BCUT2D eigenvalue weighted by Gasteiger charge is -2.15. The molecule has 0 fully saturated rings. The Balaban J connectivity index is 0.000000327. The molecule has 0 unspecified atom stereocenters. The molecule has 0 aliphatic carbocycles. The van der Waals surface area contributed by atoms with E-state index >= 15 is 0 Å². The van der Waals surface area contributed by atoms with Gasteiger partial charge in [-0.15, -0.1) is 0 Å². The smallest absolute Gasteiger partial charge is 0.271 e. The van der Waals surface area contributed by atoms with Crippen LogP contribution in [0, 0.1) is 0 Å². The van der Waals surface area contributed by atoms with E-state index in [9.17, 15) is 0 Å². The van der Waals surface area contributed by atoms with Crippen LogP contribution >= 0.6 is 0 Å². The fraction of sp³-hybridized carbons (Fsp3) is 0.571. The molecule has 4 heteroatoms. The largest absolute Gasteiger partial charge is 0.388 e. The summed E-state index contributed by atoms with van der Waals surface area (Å²) < 4.78 is 15.2. The number of ether oxygens (including phenoxy) is 3. The Morgan fingerprint density at radius 3 is 1.61 bits per heavy atom. The average Bonchev–Trinajstić information content (AvgIpc) is 2.41. The molecule has 0 bridgehead atoms. The topological polar surface area (TPSA) is 39.7 Å². The van der Waals surface area contributed by atoms with Crippen LogP contribution in [-0.4, -0.2) is 33.3 Å². The number of hydrogen-bond acceptors (Lipinski definition) is 4. The Bertz CT molecular complexity index is 253. The van der Waals surface area contributed by atoms with Crippen LogP contribution < -0.4 is 5.32 Å². The lowest BCUT2D eigenvalue weighted by Crippen LogP contribution is -2.20. The van der Waals surface area contributed by atoms with Crippen molar-refractivity contribution in [2.24, 2.45) is 0 Å². The summed E-state index contributed by atoms with van der Waals surface area (Å²) in [6.07, 6.45) is 0. The Labute approximate surface area is 110 Å². The van der Waals surface area contributed by atoms with Crippen molar-refractivity contribution in [3.8, 4) is 0 Å². The van der Waals surface area contributed by atoms with Crippen molar-refractivity contribution in [3.05, 3.63) is 30.3 Å². The quantitative estimate of drug-likeness (QED) is 0.760. The predicted molar refractivity (Wildman–Crippen MR) is 74.7 cm³/mol. The summed E-state index contributed by atoms with van der Waals surface area (Å²) in [6.45, 7) is 7.10. The molecular formula is C14H25NO3. The lowest BCUT2D eigenvalue weighted by atomic mass is 10.3. The van der Waals surface area contributed by atoms with Crippen molar-refractivity contribution in [2.75, 3.05) is 32.2 Å². The molecule has 1 aromatic rings. The van der Waals surface area contributed by atoms with E-state index in [2.05, 4.69) is 5.32 Å². The van der Waals surface area contributed by atoms with Crippen molar-refractivity contribution in [1.29, 1.82) is 0 Å². The summed E-state index contributed by atoms with van der Waals surface area (Å²) >= 11 is 0. The van der Waals surface area contributed by atoms with Crippen LogP contribution in [0.4, 0.5) is 5.69 Å². The standard InChI is InChI=1S/C7H9N.C7H16O3/c1-8-7-5-3-2-4-6-7;1-4-8-7(9-5-2)10-6-3/h2-6,8H,1H3;7H,4-6H2,1-3H3. The molecule has 0 aromatic heterocycles. The molecule has 0 spiro atoms. The molecular weight excluding hydrogens is 230 g/mol. The van der Waals surface area contributed by atoms with Crippen LogP contribution in [0.3, 0.4) is 0 Å². The first-order chi connectivity index (χ1) is 8.78. The van der Waals surface area contributed by atoms with Gasteiger partial charge < -0.3 is 19.5 Å². The maximum absolute atomic E-state index is 5.08. The molecule has 0 aliphatic rings. The summed E-state index contributed by atoms with van der Waals surface area (Å²) in [6, 6.07) is 10.1. The third kappa shape index (κ3) is 8.98. The molecule has 0 heterocycles. The molecule has 4 nitrogen and oxygen atoms in total. The van der Waals surface area contributed by atoms with Crippen molar-refractivity contribution in [3.63, 3.8) is 0 Å². The van der Waals surface area contributed by atoms with Gasteiger partial charge in [0.1, 0.15) is 0 Å². The minimum atomic E-state index is -0.472. The highest BCUT2D eigenvalue weighted by Gasteiger charge is 2.04. The van der Waals surface area contributed by atoms with Crippen molar-refractivity contribution < 1.29 is 14.2 Å². The summed E-state index contributed by atoms with van der Waals surface area (Å²) in [5, 5.41) is 3.03. The molecule has 18 heavy (non-hydrogen) atoms. The molecule has 0 radical (unpaired) electrons. The van der Waals surface area contributed by atoms with E-state index in [0.717, 1.165) is 5.69 Å². The fourth-order valence-corrected chi connectivity index (χ4v) is 1.16. The highest BCUT2D eigenvalue weighted by Crippen LogP contribution is 2.01. The maximum atomic E-state index is 5.08. The molecule has 104 valence electrons. The van der Waals surface area contributed by atoms with Crippen LogP contribution in [0.15, 0.2) is 30.3 Å². The van der Waals surface area contributed by atoms with Crippen LogP contribution in [0.25, 0.3) is 0 Å². The van der Waals surface area contributed by atoms with E-state index in [-0.39, 0.29) is 0 Å². The zero-order valence-corrected chi connectivity index (χ0v) is 11.8. The summed E-state index contributed by atoms with van der Waals surface area (Å²) in [5.41, 5.74) is 1.16. The minimum absolute atomic E-state index is 0.472. The molecule has 0 saturated heterocycles. The third-order valence-electron chi connectivity index (χ3n) is 1.97. The predicted octanol–water partition coefficient (Wildman–Crippen LogP) is 3.11. The number of hydrogen-bond donors (Lipinski definition) is 1. The number of nitrogens with one attached hydrogen (secondary N) is 1. The number of anilines is 1. The second kappa shape index (κ2) is 12.4. The van der Waals surface area contributed by atoms with Crippen molar-refractivity contribution >= 4 is 5.69 Å². The normalized spacial score (nSPS) is 9.83. The molecule has 1 rings (SSSR count). The maximum Gasteiger partial charge on any atom is 0.271 e. The second-order valence-corrected chi connectivity index (χ2v) is 3.27. The van der Waals surface area contributed by atoms with Crippen LogP contribution in [0.5, 0.6) is 0 Å². The molecule has 0 amide bonds. The Morgan fingerprint density at radius 2 is 1.33 bits per heavy atom. The number of benzene rings is 1. The van der Waals surface area contributed by atoms with Gasteiger partial charge in [-0.1, -0.05) is 18.2 Å². The number of rotatable bonds is 7. The van der Waals surface area contributed by atoms with E-state index in [4.69, 9.17) is 14.2 Å². The van der Waals surface area contributed by atoms with Gasteiger partial charge in [0.15, 0.2) is 0 Å². The van der Waals surface area contributed by atoms with E-state index < -0.39 is 6.48 Å². The van der Waals surface area contributed by atoms with Crippen LogP contribution in [0.2, 0.25) is 0 Å². The van der Waals surface area contributed by atoms with E-state index in [1.165, 1.54) is 0 Å². The van der Waals surface area contributed by atoms with Crippen LogP contribution in [0.1, 0.15) is 20.8 Å². The summed E-state index contributed by atoms with van der Waals surface area (Å²) in [5.74, 6) is 0. The fourth-order valence-electron chi connectivity index (χ4n) is 1.16. The van der Waals surface area contributed by atoms with Gasteiger partial charge in [0.05, 0.1) is 0 Å². The van der Waals surface area contributed by atoms with Crippen molar-refractivity contribution in [1.82, 2.24) is 0 Å². The molecule has 1 aromatic carbocycles. The van der Waals surface area contributed by atoms with Crippen molar-refractivity contribution in [2.45, 2.75) is 27.2 Å². The molecule has 0 saturated carbocycles. The van der Waals surface area contributed by atoms with Gasteiger partial charge in [-0.25, -0.2) is 0 Å². The van der Waals surface area contributed by atoms with Gasteiger partial charge in [0, 0.05) is 32.6 Å². The molecule has 1 N–H and O–H groups in total. The van der Waals surface area contributed by atoms with E-state index in [0.29, 0.717) is 19.8 Å². The highest BCUT2D eigenvalue weighted by atomic mass is 16.8. The first kappa shape index (κ1) is 16.9. The van der Waals surface area contributed by atoms with Gasteiger partial charge in [0.2, 0.25) is 0 Å². The summed E-state index contributed by atoms with van der Waals surface area (Å²) in [7, 11) is 1.91. The Morgan fingerprint density at radius 1 is 0.889 bits per heavy atom. The number of para-hydroxylation sites is 1. The molecule has 0 aliphatic heterocycles. The van der Waals surface area contributed by atoms with Gasteiger partial charge in [-0.2, -0.15) is 0 Å². The monoisotopic (exact) mass is 255 g/mol. The SMILES string of the molecule is CCOC(OCC)OCC.CNc1ccccc1. The Kier molecular flexibility index (Phi) is 11.6. The second-order valence-electron chi connectivity index (χ2n) is 3.27. The highest BCUT2D eigenvalue weighted by molar-refractivity contribution is 5.41. The van der Waals surface area contributed by atoms with Crippen LogP contribution in [-0.2, 0) is 14.2 Å². The van der Waals surface area contributed by atoms with E-state index in [1.54, 1.807) is 0 Å². The van der Waals surface area contributed by atoms with Gasteiger partial charge in [-0.05, 0) is 32.9 Å². The first-order valence-corrected chi connectivity index (χ1v) is 6.36. The van der Waals surface area contributed by atoms with E-state index in [1.807, 2.05) is 58.2 Å². The lowest BCUT2D eigenvalue weighted by molar-refractivity contribution is -0.282. The van der Waals surface area contributed by atoms with Gasteiger partial charge >= 0.3 is 0 Å². The summed E-state index contributed by atoms with van der Waals surface area (Å²) in [4.78, 5) is 0. The zero-order valence-electron chi connectivity index (χ0n) is 11.8. The van der Waals surface area contributed by atoms with Gasteiger partial charge in [-0.3, -0.25) is 0 Å². The average molecular weight is 255 g/mol. The Hall–Kier alpha value is -1.10. The van der Waals surface area contributed by atoms with Gasteiger partial charge in [0.25, 0.3) is 6.48 Å².